The van der Waals surface area contributed by atoms with Crippen LogP contribution in [0.15, 0.2) is 35.2 Å². The Hall–Kier alpha value is -3.09. The van der Waals surface area contributed by atoms with Gasteiger partial charge in [0.05, 0.1) is 22.4 Å². The van der Waals surface area contributed by atoms with Gasteiger partial charge in [-0.2, -0.15) is 4.98 Å². The molecule has 1 aliphatic heterocycles. The zero-order valence-electron chi connectivity index (χ0n) is 18.0. The van der Waals surface area contributed by atoms with Crippen LogP contribution in [-0.4, -0.2) is 65.0 Å². The lowest BCUT2D eigenvalue weighted by atomic mass is 10.1. The van der Waals surface area contributed by atoms with Crippen molar-refractivity contribution in [2.75, 3.05) is 29.6 Å². The molecule has 174 valence electrons. The summed E-state index contributed by atoms with van der Waals surface area (Å²) in [5.74, 6) is -0.161. The first-order valence-corrected chi connectivity index (χ1v) is 12.9. The third-order valence-electron chi connectivity index (χ3n) is 5.29. The fourth-order valence-corrected chi connectivity index (χ4v) is 4.94. The molecule has 0 unspecified atom stereocenters. The molecule has 0 saturated carbocycles. The standard InChI is InChI=1S/C21H23N5O5S2/c1-12-18(19(28)29)32-21(22-12)25-20-23-16(13-3-5-15(6-4-13)33(2,30)31)11-17(24-20)26-9-7-14(27)8-10-26/h3-6,11,14,27H,7-10H2,1-2H3,(H,28,29)(H,22,23,24,25). The number of hydrogen-bond acceptors (Lipinski definition) is 10. The van der Waals surface area contributed by atoms with Crippen molar-refractivity contribution in [1.82, 2.24) is 15.0 Å². The fourth-order valence-electron chi connectivity index (χ4n) is 3.51. The van der Waals surface area contributed by atoms with Gasteiger partial charge in [-0.05, 0) is 31.9 Å². The second-order valence-corrected chi connectivity index (χ2v) is 10.8. The SMILES string of the molecule is Cc1nc(Nc2nc(-c3ccc(S(C)(=O)=O)cc3)cc(N3CCC(O)CC3)n2)sc1C(=O)O. The number of carboxylic acids is 1. The van der Waals surface area contributed by atoms with Gasteiger partial charge in [0.2, 0.25) is 5.95 Å². The predicted molar refractivity (Wildman–Crippen MR) is 125 cm³/mol. The minimum atomic E-state index is -3.32. The molecule has 0 aliphatic carbocycles. The van der Waals surface area contributed by atoms with E-state index in [1.807, 2.05) is 11.0 Å². The van der Waals surface area contributed by atoms with Crippen LogP contribution >= 0.6 is 11.3 Å². The Balaban J connectivity index is 1.72. The number of aromatic nitrogens is 3. The van der Waals surface area contributed by atoms with Crippen molar-refractivity contribution in [3.63, 3.8) is 0 Å². The number of sulfone groups is 1. The van der Waals surface area contributed by atoms with E-state index < -0.39 is 15.8 Å². The average molecular weight is 490 g/mol. The minimum Gasteiger partial charge on any atom is -0.477 e. The van der Waals surface area contributed by atoms with Gasteiger partial charge in [0.1, 0.15) is 10.7 Å². The number of nitrogens with one attached hydrogen (secondary N) is 1. The number of carboxylic acid groups (broad SMARTS) is 1. The van der Waals surface area contributed by atoms with E-state index in [0.29, 0.717) is 53.8 Å². The normalized spacial score (nSPS) is 14.9. The number of carbonyl (C=O) groups is 1. The van der Waals surface area contributed by atoms with Crippen LogP contribution in [0, 0.1) is 6.92 Å². The summed E-state index contributed by atoms with van der Waals surface area (Å²) in [6, 6.07) is 8.24. The number of hydrogen-bond donors (Lipinski definition) is 3. The Bertz CT molecular complexity index is 1280. The first kappa shape index (κ1) is 23.1. The highest BCUT2D eigenvalue weighted by Gasteiger charge is 2.21. The van der Waals surface area contributed by atoms with Crippen LogP contribution in [0.4, 0.5) is 16.9 Å². The van der Waals surface area contributed by atoms with Gasteiger partial charge < -0.3 is 15.1 Å². The van der Waals surface area contributed by atoms with Gasteiger partial charge in [-0.3, -0.25) is 5.32 Å². The van der Waals surface area contributed by atoms with Crippen molar-refractivity contribution in [2.45, 2.75) is 30.8 Å². The Kier molecular flexibility index (Phi) is 6.32. The molecule has 1 aromatic carbocycles. The van der Waals surface area contributed by atoms with Gasteiger partial charge in [-0.25, -0.2) is 23.2 Å². The number of aromatic carboxylic acids is 1. The molecule has 3 N–H and O–H groups in total. The molecule has 10 nitrogen and oxygen atoms in total. The second kappa shape index (κ2) is 9.04. The van der Waals surface area contributed by atoms with E-state index in [2.05, 4.69) is 20.3 Å². The zero-order chi connectivity index (χ0) is 23.8. The van der Waals surface area contributed by atoms with Crippen molar-refractivity contribution >= 4 is 44.0 Å². The lowest BCUT2D eigenvalue weighted by Crippen LogP contribution is -2.36. The van der Waals surface area contributed by atoms with E-state index in [0.717, 1.165) is 17.6 Å². The van der Waals surface area contributed by atoms with Gasteiger partial charge >= 0.3 is 5.97 Å². The van der Waals surface area contributed by atoms with E-state index in [4.69, 9.17) is 0 Å². The van der Waals surface area contributed by atoms with Crippen LogP contribution in [0.2, 0.25) is 0 Å². The smallest absolute Gasteiger partial charge is 0.347 e. The van der Waals surface area contributed by atoms with Crippen LogP contribution in [0.1, 0.15) is 28.2 Å². The number of aryl methyl sites for hydroxylation is 1. The third-order valence-corrected chi connectivity index (χ3v) is 7.48. The number of aliphatic hydroxyl groups is 1. The van der Waals surface area contributed by atoms with Crippen LogP contribution in [-0.2, 0) is 9.84 Å². The summed E-state index contributed by atoms with van der Waals surface area (Å²) in [5.41, 5.74) is 1.67. The Morgan fingerprint density at radius 2 is 1.82 bits per heavy atom. The highest BCUT2D eigenvalue weighted by Crippen LogP contribution is 2.29. The predicted octanol–water partition coefficient (Wildman–Crippen LogP) is 2.71. The molecule has 2 aromatic heterocycles. The molecule has 1 aliphatic rings. The summed E-state index contributed by atoms with van der Waals surface area (Å²) < 4.78 is 23.6. The maximum atomic E-state index is 11.8. The molecule has 0 atom stereocenters. The van der Waals surface area contributed by atoms with Gasteiger partial charge in [0, 0.05) is 31.0 Å². The Morgan fingerprint density at radius 1 is 1.15 bits per heavy atom. The monoisotopic (exact) mass is 489 g/mol. The summed E-state index contributed by atoms with van der Waals surface area (Å²) in [4.78, 5) is 27.1. The van der Waals surface area contributed by atoms with Gasteiger partial charge in [0.15, 0.2) is 15.0 Å². The molecule has 0 amide bonds. The van der Waals surface area contributed by atoms with E-state index in [9.17, 15) is 23.4 Å². The van der Waals surface area contributed by atoms with Crippen LogP contribution in [0.25, 0.3) is 11.3 Å². The highest BCUT2D eigenvalue weighted by atomic mass is 32.2. The molecule has 3 aromatic rings. The lowest BCUT2D eigenvalue weighted by Gasteiger charge is -2.30. The summed E-state index contributed by atoms with van der Waals surface area (Å²) in [6.07, 6.45) is 2.06. The van der Waals surface area contributed by atoms with E-state index >= 15 is 0 Å². The van der Waals surface area contributed by atoms with Crippen molar-refractivity contribution in [3.8, 4) is 11.3 Å². The quantitative estimate of drug-likeness (QED) is 0.472. The molecule has 12 heteroatoms. The zero-order valence-corrected chi connectivity index (χ0v) is 19.7. The number of piperidine rings is 1. The number of anilines is 3. The number of rotatable bonds is 6. The topological polar surface area (TPSA) is 146 Å². The molecule has 33 heavy (non-hydrogen) atoms. The number of aliphatic hydroxyl groups excluding tert-OH is 1. The number of benzene rings is 1. The number of nitrogens with zero attached hydrogens (tertiary/aromatic N) is 4. The summed E-state index contributed by atoms with van der Waals surface area (Å²) in [5, 5.41) is 22.5. The maximum absolute atomic E-state index is 11.8. The molecule has 0 spiro atoms. The van der Waals surface area contributed by atoms with E-state index in [-0.39, 0.29) is 21.8 Å². The number of thiazole rings is 1. The van der Waals surface area contributed by atoms with E-state index in [1.54, 1.807) is 19.1 Å². The Labute approximate surface area is 194 Å². The summed E-state index contributed by atoms with van der Waals surface area (Å²) in [6.45, 7) is 2.88. The minimum absolute atomic E-state index is 0.134. The van der Waals surface area contributed by atoms with Crippen LogP contribution < -0.4 is 10.2 Å². The molecule has 1 fully saturated rings. The molecule has 0 bridgehead atoms. The van der Waals surface area contributed by atoms with Crippen molar-refractivity contribution < 1.29 is 23.4 Å². The molecule has 3 heterocycles. The largest absolute Gasteiger partial charge is 0.477 e. The van der Waals surface area contributed by atoms with Crippen molar-refractivity contribution in [1.29, 1.82) is 0 Å². The van der Waals surface area contributed by atoms with Gasteiger partial charge in [-0.1, -0.05) is 23.5 Å². The summed E-state index contributed by atoms with van der Waals surface area (Å²) in [7, 11) is -3.32. The fraction of sp³-hybridized carbons (Fsp3) is 0.333. The molecular formula is C21H23N5O5S2. The lowest BCUT2D eigenvalue weighted by molar-refractivity contribution is 0.0701. The molecule has 1 saturated heterocycles. The first-order chi connectivity index (χ1) is 15.6. The van der Waals surface area contributed by atoms with E-state index in [1.165, 1.54) is 12.1 Å². The van der Waals surface area contributed by atoms with Gasteiger partial charge in [-0.15, -0.1) is 0 Å². The highest BCUT2D eigenvalue weighted by molar-refractivity contribution is 7.90. The van der Waals surface area contributed by atoms with Crippen LogP contribution in [0.3, 0.4) is 0 Å². The second-order valence-electron chi connectivity index (χ2n) is 7.81. The molecular weight excluding hydrogens is 466 g/mol. The van der Waals surface area contributed by atoms with Crippen LogP contribution in [0.5, 0.6) is 0 Å². The molecule has 4 rings (SSSR count). The van der Waals surface area contributed by atoms with Crippen molar-refractivity contribution in [3.05, 3.63) is 40.9 Å². The van der Waals surface area contributed by atoms with Gasteiger partial charge in [0.25, 0.3) is 0 Å². The average Bonchev–Trinajstić information content (AvgIpc) is 3.13. The summed E-state index contributed by atoms with van der Waals surface area (Å²) >= 11 is 0.995. The Morgan fingerprint density at radius 3 is 2.39 bits per heavy atom. The van der Waals surface area contributed by atoms with Crippen molar-refractivity contribution in [2.24, 2.45) is 0 Å². The third kappa shape index (κ3) is 5.29. The first-order valence-electron chi connectivity index (χ1n) is 10.2. The maximum Gasteiger partial charge on any atom is 0.347 e. The molecule has 0 radical (unpaired) electrons.